The van der Waals surface area contributed by atoms with Crippen molar-refractivity contribution < 1.29 is 0 Å². The quantitative estimate of drug-likeness (QED) is 0.438. The summed E-state index contributed by atoms with van der Waals surface area (Å²) in [7, 11) is 1.90. The number of nitrogens with one attached hydrogen (secondary N) is 1. The average molecular weight is 448 g/mol. The van der Waals surface area contributed by atoms with E-state index in [-0.39, 0.29) is 24.0 Å². The first kappa shape index (κ1) is 19.0. The standard InChI is InChI=1S/C17H28N4S.HI/c1-17(2)6-9-21(13-17)16(18-3)19-7-10-20-8-4-15-14(12-20)5-11-22-15;/h5,11H,4,6-10,12-13H2,1-3H3,(H,18,19);1H. The fraction of sp³-hybridized carbons (Fsp3) is 0.706. The van der Waals surface area contributed by atoms with Gasteiger partial charge in [-0.3, -0.25) is 9.89 Å². The maximum Gasteiger partial charge on any atom is 0.193 e. The van der Waals surface area contributed by atoms with Gasteiger partial charge in [-0.05, 0) is 35.3 Å². The molecule has 6 heteroatoms. The van der Waals surface area contributed by atoms with Gasteiger partial charge in [-0.15, -0.1) is 35.3 Å². The molecule has 0 amide bonds. The van der Waals surface area contributed by atoms with Gasteiger partial charge in [-0.25, -0.2) is 0 Å². The summed E-state index contributed by atoms with van der Waals surface area (Å²) >= 11 is 1.91. The minimum absolute atomic E-state index is 0. The summed E-state index contributed by atoms with van der Waals surface area (Å²) in [6.07, 6.45) is 2.46. The number of fused-ring (bicyclic) bond motifs is 1. The summed E-state index contributed by atoms with van der Waals surface area (Å²) in [5.41, 5.74) is 1.95. The fourth-order valence-electron chi connectivity index (χ4n) is 3.45. The van der Waals surface area contributed by atoms with E-state index in [1.54, 1.807) is 4.88 Å². The van der Waals surface area contributed by atoms with Gasteiger partial charge >= 0.3 is 0 Å². The first-order valence-corrected chi connectivity index (χ1v) is 9.18. The molecule has 130 valence electrons. The van der Waals surface area contributed by atoms with Crippen LogP contribution in [0.5, 0.6) is 0 Å². The maximum atomic E-state index is 4.46. The Labute approximate surface area is 161 Å². The third kappa shape index (κ3) is 4.82. The summed E-state index contributed by atoms with van der Waals surface area (Å²) in [5, 5.41) is 5.78. The highest BCUT2D eigenvalue weighted by atomic mass is 127. The number of hydrogen-bond acceptors (Lipinski definition) is 3. The van der Waals surface area contributed by atoms with E-state index in [9.17, 15) is 0 Å². The van der Waals surface area contributed by atoms with Crippen LogP contribution in [0.3, 0.4) is 0 Å². The molecule has 0 spiro atoms. The summed E-state index contributed by atoms with van der Waals surface area (Å²) in [4.78, 5) is 11.0. The second kappa shape index (κ2) is 8.16. The molecular formula is C17H29IN4S. The molecule has 1 N–H and O–H groups in total. The maximum absolute atomic E-state index is 4.46. The molecule has 0 saturated carbocycles. The van der Waals surface area contributed by atoms with E-state index in [2.05, 4.69) is 45.4 Å². The molecule has 1 aromatic rings. The van der Waals surface area contributed by atoms with E-state index in [1.165, 1.54) is 24.9 Å². The first-order chi connectivity index (χ1) is 10.6. The van der Waals surface area contributed by atoms with E-state index in [4.69, 9.17) is 0 Å². The lowest BCUT2D eigenvalue weighted by molar-refractivity contribution is 0.259. The predicted molar refractivity (Wildman–Crippen MR) is 110 cm³/mol. The molecule has 0 unspecified atom stereocenters. The number of hydrogen-bond donors (Lipinski definition) is 1. The van der Waals surface area contributed by atoms with Crippen LogP contribution in [0.25, 0.3) is 0 Å². The molecule has 0 radical (unpaired) electrons. The molecule has 23 heavy (non-hydrogen) atoms. The van der Waals surface area contributed by atoms with Crippen molar-refractivity contribution >= 4 is 41.3 Å². The van der Waals surface area contributed by atoms with Gasteiger partial charge in [-0.2, -0.15) is 0 Å². The van der Waals surface area contributed by atoms with Crippen LogP contribution < -0.4 is 5.32 Å². The minimum Gasteiger partial charge on any atom is -0.355 e. The molecule has 2 aliphatic rings. The Morgan fingerprint density at radius 2 is 2.22 bits per heavy atom. The molecule has 2 aliphatic heterocycles. The van der Waals surface area contributed by atoms with Crippen molar-refractivity contribution in [3.05, 3.63) is 21.9 Å². The molecule has 4 nitrogen and oxygen atoms in total. The van der Waals surface area contributed by atoms with Gasteiger partial charge in [0.2, 0.25) is 0 Å². The van der Waals surface area contributed by atoms with Crippen LogP contribution in [-0.4, -0.2) is 55.5 Å². The van der Waals surface area contributed by atoms with E-state index >= 15 is 0 Å². The lowest BCUT2D eigenvalue weighted by atomic mass is 9.93. The second-order valence-corrected chi connectivity index (χ2v) is 8.21. The Kier molecular flexibility index (Phi) is 6.74. The van der Waals surface area contributed by atoms with E-state index in [1.807, 2.05) is 18.4 Å². The number of likely N-dealkylation sites (tertiary alicyclic amines) is 1. The van der Waals surface area contributed by atoms with Crippen LogP contribution >= 0.6 is 35.3 Å². The highest BCUT2D eigenvalue weighted by Gasteiger charge is 2.30. The molecule has 0 bridgehead atoms. The average Bonchev–Trinajstić information content (AvgIpc) is 3.09. The number of thiophene rings is 1. The third-order valence-electron chi connectivity index (χ3n) is 4.79. The van der Waals surface area contributed by atoms with Crippen molar-refractivity contribution in [1.29, 1.82) is 0 Å². The van der Waals surface area contributed by atoms with Crippen LogP contribution in [0.15, 0.2) is 16.4 Å². The normalized spacial score (nSPS) is 21.0. The van der Waals surface area contributed by atoms with E-state index < -0.39 is 0 Å². The van der Waals surface area contributed by atoms with Crippen LogP contribution in [-0.2, 0) is 13.0 Å². The SMILES string of the molecule is CN=C(NCCN1CCc2sccc2C1)N1CCC(C)(C)C1.I. The highest BCUT2D eigenvalue weighted by molar-refractivity contribution is 14.0. The molecule has 1 aromatic heterocycles. The van der Waals surface area contributed by atoms with E-state index in [0.717, 1.165) is 38.7 Å². The number of halogens is 1. The topological polar surface area (TPSA) is 30.9 Å². The molecule has 1 saturated heterocycles. The van der Waals surface area contributed by atoms with Gasteiger partial charge in [0.05, 0.1) is 0 Å². The smallest absolute Gasteiger partial charge is 0.193 e. The largest absolute Gasteiger partial charge is 0.355 e. The second-order valence-electron chi connectivity index (χ2n) is 7.20. The van der Waals surface area contributed by atoms with Crippen LogP contribution in [0.2, 0.25) is 0 Å². The zero-order chi connectivity index (χ0) is 15.6. The molecule has 0 aliphatic carbocycles. The predicted octanol–water partition coefficient (Wildman–Crippen LogP) is 3.03. The summed E-state index contributed by atoms with van der Waals surface area (Å²) in [6.45, 7) is 11.3. The van der Waals surface area contributed by atoms with E-state index in [0.29, 0.717) is 5.41 Å². The molecule has 3 rings (SSSR count). The number of aliphatic imine (C=N–C) groups is 1. The van der Waals surface area contributed by atoms with Gasteiger partial charge in [0.25, 0.3) is 0 Å². The van der Waals surface area contributed by atoms with Crippen molar-refractivity contribution in [1.82, 2.24) is 15.1 Å². The Hall–Kier alpha value is -0.340. The van der Waals surface area contributed by atoms with Gasteiger partial charge in [-0.1, -0.05) is 13.8 Å². The first-order valence-electron chi connectivity index (χ1n) is 8.31. The summed E-state index contributed by atoms with van der Waals surface area (Å²) < 4.78 is 0. The fourth-order valence-corrected chi connectivity index (χ4v) is 4.34. The van der Waals surface area contributed by atoms with Crippen molar-refractivity contribution in [3.8, 4) is 0 Å². The molecule has 0 atom stereocenters. The monoisotopic (exact) mass is 448 g/mol. The van der Waals surface area contributed by atoms with Gasteiger partial charge < -0.3 is 10.2 Å². The number of nitrogens with zero attached hydrogens (tertiary/aromatic N) is 3. The molecular weight excluding hydrogens is 419 g/mol. The summed E-state index contributed by atoms with van der Waals surface area (Å²) in [5.74, 6) is 1.07. The van der Waals surface area contributed by atoms with Crippen LogP contribution in [0.1, 0.15) is 30.7 Å². The van der Waals surface area contributed by atoms with Crippen LogP contribution in [0.4, 0.5) is 0 Å². The molecule has 3 heterocycles. The zero-order valence-corrected chi connectivity index (χ0v) is 17.6. The minimum atomic E-state index is 0. The molecule has 1 fully saturated rings. The summed E-state index contributed by atoms with van der Waals surface area (Å²) in [6, 6.07) is 2.28. The van der Waals surface area contributed by atoms with Gasteiger partial charge in [0.15, 0.2) is 5.96 Å². The van der Waals surface area contributed by atoms with Crippen molar-refractivity contribution in [2.75, 3.05) is 39.8 Å². The number of rotatable bonds is 3. The molecule has 0 aromatic carbocycles. The van der Waals surface area contributed by atoms with Crippen molar-refractivity contribution in [3.63, 3.8) is 0 Å². The van der Waals surface area contributed by atoms with Crippen molar-refractivity contribution in [2.24, 2.45) is 10.4 Å². The van der Waals surface area contributed by atoms with Crippen LogP contribution in [0, 0.1) is 5.41 Å². The number of guanidine groups is 1. The van der Waals surface area contributed by atoms with Crippen molar-refractivity contribution in [2.45, 2.75) is 33.2 Å². The Balaban J connectivity index is 0.00000192. The highest BCUT2D eigenvalue weighted by Crippen LogP contribution is 2.28. The van der Waals surface area contributed by atoms with Gasteiger partial charge in [0.1, 0.15) is 0 Å². The zero-order valence-electron chi connectivity index (χ0n) is 14.5. The Morgan fingerprint density at radius 3 is 2.91 bits per heavy atom. The Bertz CT molecular complexity index is 540. The van der Waals surface area contributed by atoms with Gasteiger partial charge in [0, 0.05) is 51.2 Å². The lowest BCUT2D eigenvalue weighted by Crippen LogP contribution is -2.44. The Morgan fingerprint density at radius 1 is 1.39 bits per heavy atom. The lowest BCUT2D eigenvalue weighted by Gasteiger charge is -2.28. The third-order valence-corrected chi connectivity index (χ3v) is 5.81.